The standard InChI is InChI=1S/C30H31FN8O3/c1-38(2)26(40)23-15-18-16-33-29(37-25(18)39(23)22-5-3-4-6-22)36-24-12-11-21(17-32-24)35-28(42)30(13-14-30)27(41)34-20-9-7-19(31)8-10-20/h7-12,15-17,22H,3-6,13-14H2,1-2H3,(H,34,41)(H,35,42)(H,32,33,36,37). The quantitative estimate of drug-likeness (QED) is 0.257. The zero-order valence-electron chi connectivity index (χ0n) is 23.4. The fourth-order valence-corrected chi connectivity index (χ4v) is 5.37. The number of hydrogen-bond donors (Lipinski definition) is 3. The number of halogens is 1. The van der Waals surface area contributed by atoms with Crippen LogP contribution >= 0.6 is 0 Å². The highest BCUT2D eigenvalue weighted by Gasteiger charge is 2.56. The molecule has 0 spiro atoms. The number of anilines is 4. The van der Waals surface area contributed by atoms with Crippen LogP contribution in [0.5, 0.6) is 0 Å². The van der Waals surface area contributed by atoms with Crippen molar-refractivity contribution in [3.8, 4) is 0 Å². The predicted molar refractivity (Wildman–Crippen MR) is 156 cm³/mol. The largest absolute Gasteiger partial charge is 0.343 e. The molecule has 0 bridgehead atoms. The van der Waals surface area contributed by atoms with Crippen LogP contribution in [0.1, 0.15) is 55.1 Å². The summed E-state index contributed by atoms with van der Waals surface area (Å²) in [5.74, 6) is -0.533. The molecule has 0 aliphatic heterocycles. The Kier molecular flexibility index (Phi) is 7.05. The molecular formula is C30H31FN8O3. The van der Waals surface area contributed by atoms with E-state index in [9.17, 15) is 18.8 Å². The number of carbonyl (C=O) groups excluding carboxylic acids is 3. The van der Waals surface area contributed by atoms with Gasteiger partial charge in [0.25, 0.3) is 5.91 Å². The van der Waals surface area contributed by atoms with Crippen LogP contribution in [0.2, 0.25) is 0 Å². The van der Waals surface area contributed by atoms with E-state index in [1.807, 2.05) is 10.6 Å². The van der Waals surface area contributed by atoms with Gasteiger partial charge in [-0.1, -0.05) is 12.8 Å². The first-order chi connectivity index (χ1) is 20.2. The third kappa shape index (κ3) is 5.27. The number of hydrogen-bond acceptors (Lipinski definition) is 7. The van der Waals surface area contributed by atoms with Crippen molar-refractivity contribution in [2.45, 2.75) is 44.6 Å². The molecule has 1 aromatic carbocycles. The Labute approximate surface area is 241 Å². The van der Waals surface area contributed by atoms with E-state index < -0.39 is 23.0 Å². The normalized spacial score (nSPS) is 15.8. The zero-order chi connectivity index (χ0) is 29.4. The molecule has 2 saturated carbocycles. The van der Waals surface area contributed by atoms with Crippen LogP contribution < -0.4 is 16.0 Å². The van der Waals surface area contributed by atoms with Crippen molar-refractivity contribution in [1.29, 1.82) is 0 Å². The molecule has 2 aliphatic carbocycles. The third-order valence-electron chi connectivity index (χ3n) is 7.87. The fraction of sp³-hybridized carbons (Fsp3) is 0.333. The minimum atomic E-state index is -1.17. The summed E-state index contributed by atoms with van der Waals surface area (Å²) in [7, 11) is 3.48. The van der Waals surface area contributed by atoms with Crippen molar-refractivity contribution >= 4 is 51.9 Å². The smallest absolute Gasteiger partial charge is 0.270 e. The Balaban J connectivity index is 1.15. The molecule has 42 heavy (non-hydrogen) atoms. The molecule has 12 heteroatoms. The number of carbonyl (C=O) groups is 3. The van der Waals surface area contributed by atoms with Gasteiger partial charge >= 0.3 is 0 Å². The molecule has 0 radical (unpaired) electrons. The Morgan fingerprint density at radius 2 is 1.60 bits per heavy atom. The third-order valence-corrected chi connectivity index (χ3v) is 7.87. The lowest BCUT2D eigenvalue weighted by Gasteiger charge is -2.19. The van der Waals surface area contributed by atoms with Crippen LogP contribution in [0.15, 0.2) is 54.9 Å². The maximum absolute atomic E-state index is 13.2. The van der Waals surface area contributed by atoms with E-state index in [-0.39, 0.29) is 11.9 Å². The van der Waals surface area contributed by atoms with E-state index in [0.717, 1.165) is 31.1 Å². The summed E-state index contributed by atoms with van der Waals surface area (Å²) < 4.78 is 15.2. The van der Waals surface area contributed by atoms with Crippen LogP contribution in [0, 0.1) is 11.2 Å². The summed E-state index contributed by atoms with van der Waals surface area (Å²) in [4.78, 5) is 53.9. The monoisotopic (exact) mass is 570 g/mol. The number of rotatable bonds is 8. The predicted octanol–water partition coefficient (Wildman–Crippen LogP) is 4.88. The summed E-state index contributed by atoms with van der Waals surface area (Å²) in [6, 6.07) is 10.8. The second-order valence-corrected chi connectivity index (χ2v) is 11.1. The van der Waals surface area contributed by atoms with Gasteiger partial charge in [0.1, 0.15) is 28.4 Å². The first-order valence-electron chi connectivity index (χ1n) is 13.9. The van der Waals surface area contributed by atoms with Crippen LogP contribution in [0.25, 0.3) is 11.0 Å². The van der Waals surface area contributed by atoms with Gasteiger partial charge in [-0.2, -0.15) is 4.98 Å². The lowest BCUT2D eigenvalue weighted by atomic mass is 10.0. The van der Waals surface area contributed by atoms with E-state index in [1.54, 1.807) is 37.3 Å². The lowest BCUT2D eigenvalue weighted by molar-refractivity contribution is -0.131. The number of benzene rings is 1. The van der Waals surface area contributed by atoms with Crippen molar-refractivity contribution in [3.63, 3.8) is 0 Å². The van der Waals surface area contributed by atoms with Crippen LogP contribution in [0.4, 0.5) is 27.5 Å². The minimum Gasteiger partial charge on any atom is -0.343 e. The van der Waals surface area contributed by atoms with Gasteiger partial charge in [0.05, 0.1) is 11.9 Å². The Hall–Kier alpha value is -4.87. The second-order valence-electron chi connectivity index (χ2n) is 11.1. The summed E-state index contributed by atoms with van der Waals surface area (Å²) in [6.07, 6.45) is 8.24. The van der Waals surface area contributed by atoms with E-state index in [0.29, 0.717) is 47.3 Å². The van der Waals surface area contributed by atoms with E-state index in [2.05, 4.69) is 25.9 Å². The van der Waals surface area contributed by atoms with Crippen LogP contribution in [-0.4, -0.2) is 56.2 Å². The highest BCUT2D eigenvalue weighted by Crippen LogP contribution is 2.47. The summed E-state index contributed by atoms with van der Waals surface area (Å²) in [5, 5.41) is 9.36. The first-order valence-corrected chi connectivity index (χ1v) is 13.9. The van der Waals surface area contributed by atoms with E-state index in [1.165, 1.54) is 30.5 Å². The molecule has 0 saturated heterocycles. The Morgan fingerprint density at radius 3 is 2.21 bits per heavy atom. The fourth-order valence-electron chi connectivity index (χ4n) is 5.37. The SMILES string of the molecule is CN(C)C(=O)c1cc2cnc(Nc3ccc(NC(=O)C4(C(=O)Nc5ccc(F)cc5)CC4)cn3)nc2n1C1CCCC1. The van der Waals surface area contributed by atoms with Crippen molar-refractivity contribution in [2.75, 3.05) is 30.0 Å². The number of aromatic nitrogens is 4. The minimum absolute atomic E-state index is 0.0744. The molecule has 2 aliphatic rings. The second kappa shape index (κ2) is 10.8. The number of fused-ring (bicyclic) bond motifs is 1. The number of nitrogens with zero attached hydrogens (tertiary/aromatic N) is 5. The van der Waals surface area contributed by atoms with E-state index >= 15 is 0 Å². The van der Waals surface area contributed by atoms with Gasteiger partial charge in [-0.05, 0) is 68.1 Å². The molecule has 0 atom stereocenters. The van der Waals surface area contributed by atoms with Gasteiger partial charge in [-0.25, -0.2) is 14.4 Å². The summed E-state index contributed by atoms with van der Waals surface area (Å²) >= 11 is 0. The highest BCUT2D eigenvalue weighted by molar-refractivity contribution is 6.16. The molecule has 216 valence electrons. The first kappa shape index (κ1) is 27.3. The molecule has 0 unspecified atom stereocenters. The zero-order valence-corrected chi connectivity index (χ0v) is 23.4. The van der Waals surface area contributed by atoms with Gasteiger partial charge < -0.3 is 25.4 Å². The highest BCUT2D eigenvalue weighted by atomic mass is 19.1. The molecular weight excluding hydrogens is 539 g/mol. The van der Waals surface area contributed by atoms with Crippen LogP contribution in [-0.2, 0) is 9.59 Å². The van der Waals surface area contributed by atoms with Crippen molar-refractivity contribution in [3.05, 3.63) is 66.4 Å². The van der Waals surface area contributed by atoms with Crippen molar-refractivity contribution < 1.29 is 18.8 Å². The molecule has 2 fully saturated rings. The van der Waals surface area contributed by atoms with Gasteiger partial charge in [0, 0.05) is 37.4 Å². The Bertz CT molecular complexity index is 1660. The number of nitrogens with one attached hydrogen (secondary N) is 3. The number of amides is 3. The maximum Gasteiger partial charge on any atom is 0.270 e. The molecule has 11 nitrogen and oxygen atoms in total. The number of pyridine rings is 1. The Morgan fingerprint density at radius 1 is 0.929 bits per heavy atom. The van der Waals surface area contributed by atoms with Crippen molar-refractivity contribution in [2.24, 2.45) is 5.41 Å². The van der Waals surface area contributed by atoms with E-state index in [4.69, 9.17) is 4.98 Å². The van der Waals surface area contributed by atoms with Gasteiger partial charge in [-0.3, -0.25) is 14.4 Å². The van der Waals surface area contributed by atoms with Crippen molar-refractivity contribution in [1.82, 2.24) is 24.4 Å². The summed E-state index contributed by atoms with van der Waals surface area (Å²) in [6.45, 7) is 0. The van der Waals surface area contributed by atoms with Gasteiger partial charge in [0.15, 0.2) is 0 Å². The average Bonchev–Trinajstić information content (AvgIpc) is 3.47. The molecule has 6 rings (SSSR count). The molecule has 3 aromatic heterocycles. The van der Waals surface area contributed by atoms with Gasteiger partial charge in [0.2, 0.25) is 17.8 Å². The summed E-state index contributed by atoms with van der Waals surface area (Å²) in [5.41, 5.74) is 0.988. The molecule has 4 aromatic rings. The lowest BCUT2D eigenvalue weighted by Crippen LogP contribution is -2.35. The topological polar surface area (TPSA) is 134 Å². The van der Waals surface area contributed by atoms with Crippen LogP contribution in [0.3, 0.4) is 0 Å². The maximum atomic E-state index is 13.2. The molecule has 3 heterocycles. The molecule has 3 N–H and O–H groups in total. The average molecular weight is 571 g/mol. The van der Waals surface area contributed by atoms with Gasteiger partial charge in [-0.15, -0.1) is 0 Å². The molecule has 3 amide bonds.